The van der Waals surface area contributed by atoms with Gasteiger partial charge in [-0.2, -0.15) is 13.2 Å². The van der Waals surface area contributed by atoms with E-state index in [1.807, 2.05) is 0 Å². The van der Waals surface area contributed by atoms with Gasteiger partial charge in [0.2, 0.25) is 5.82 Å². The zero-order valence-electron chi connectivity index (χ0n) is 16.1. The zero-order chi connectivity index (χ0) is 22.2. The minimum atomic E-state index is -4.52. The molecule has 31 heavy (non-hydrogen) atoms. The van der Waals surface area contributed by atoms with E-state index in [0.29, 0.717) is 23.7 Å². The van der Waals surface area contributed by atoms with Crippen LogP contribution in [0.15, 0.2) is 48.5 Å². The van der Waals surface area contributed by atoms with Crippen LogP contribution < -0.4 is 9.59 Å². The van der Waals surface area contributed by atoms with Gasteiger partial charge in [-0.05, 0) is 40.3 Å². The Labute approximate surface area is 180 Å². The number of likely N-dealkylation sites (tertiary alicyclic amines) is 1. The van der Waals surface area contributed by atoms with E-state index in [1.165, 1.54) is 16.8 Å². The SMILES string of the molecule is O=C([O-])[N@+]1(c2ccc(C(F)(F)F)cc2)CCCC1c1nnnn1Cc1ccc(Cl)cc1. The zero-order valence-corrected chi connectivity index (χ0v) is 16.8. The highest BCUT2D eigenvalue weighted by molar-refractivity contribution is 6.30. The third-order valence-electron chi connectivity index (χ3n) is 5.60. The Morgan fingerprint density at radius 1 is 1.16 bits per heavy atom. The molecule has 162 valence electrons. The average Bonchev–Trinajstić information content (AvgIpc) is 3.36. The molecule has 1 fully saturated rings. The molecule has 3 aromatic rings. The number of alkyl halides is 3. The first kappa shape index (κ1) is 21.3. The van der Waals surface area contributed by atoms with E-state index in [4.69, 9.17) is 11.6 Å². The second-order valence-corrected chi connectivity index (χ2v) is 7.82. The van der Waals surface area contributed by atoms with E-state index in [1.54, 1.807) is 24.3 Å². The van der Waals surface area contributed by atoms with Crippen molar-refractivity contribution in [1.82, 2.24) is 24.7 Å². The molecule has 0 radical (unpaired) electrons. The van der Waals surface area contributed by atoms with Gasteiger partial charge in [-0.15, -0.1) is 5.10 Å². The first-order valence-corrected chi connectivity index (χ1v) is 9.87. The summed E-state index contributed by atoms with van der Waals surface area (Å²) in [6.45, 7) is 0.447. The van der Waals surface area contributed by atoms with E-state index in [9.17, 15) is 23.1 Å². The number of nitrogens with zero attached hydrogens (tertiary/aromatic N) is 5. The van der Waals surface area contributed by atoms with Crippen LogP contribution in [0.2, 0.25) is 5.02 Å². The van der Waals surface area contributed by atoms with Crippen LogP contribution in [0, 0.1) is 0 Å². The van der Waals surface area contributed by atoms with Crippen LogP contribution >= 0.6 is 11.6 Å². The Kier molecular flexibility index (Phi) is 5.44. The predicted octanol–water partition coefficient (Wildman–Crippen LogP) is 3.58. The fraction of sp³-hybridized carbons (Fsp3) is 0.300. The van der Waals surface area contributed by atoms with Crippen molar-refractivity contribution in [3.63, 3.8) is 0 Å². The number of halogens is 4. The van der Waals surface area contributed by atoms with Gasteiger partial charge in [0.05, 0.1) is 18.7 Å². The second-order valence-electron chi connectivity index (χ2n) is 7.38. The van der Waals surface area contributed by atoms with Crippen molar-refractivity contribution in [2.75, 3.05) is 6.54 Å². The van der Waals surface area contributed by atoms with Gasteiger partial charge in [-0.1, -0.05) is 23.7 Å². The Hall–Kier alpha value is -2.98. The molecule has 0 bridgehead atoms. The quantitative estimate of drug-likeness (QED) is 0.566. The standard InChI is InChI=1S/C20H17ClF3N5O2/c21-15-7-3-13(4-8-15)12-28-18(25-26-27-28)17-2-1-11-29(17,19(30)31)16-9-5-14(6-10-16)20(22,23)24/h3-10,17H,1-2,11-12H2/t17?,29-/m0/s1. The van der Waals surface area contributed by atoms with Crippen molar-refractivity contribution < 1.29 is 23.1 Å². The molecule has 1 aliphatic rings. The van der Waals surface area contributed by atoms with Gasteiger partial charge in [0.15, 0.2) is 6.04 Å². The molecule has 0 saturated carbocycles. The van der Waals surface area contributed by atoms with E-state index in [0.717, 1.165) is 17.7 Å². The fourth-order valence-electron chi connectivity index (χ4n) is 4.11. The number of rotatable bonds is 4. The number of carbonyl (C=O) groups is 1. The second kappa shape index (κ2) is 7.93. The van der Waals surface area contributed by atoms with Crippen LogP contribution in [-0.4, -0.2) is 32.8 Å². The smallest absolute Gasteiger partial charge is 0.416 e. The average molecular weight is 452 g/mol. The lowest BCUT2D eigenvalue weighted by Gasteiger charge is -2.38. The van der Waals surface area contributed by atoms with Gasteiger partial charge in [-0.25, -0.2) is 9.16 Å². The number of aromatic nitrogens is 4. The minimum absolute atomic E-state index is 0.159. The van der Waals surface area contributed by atoms with Crippen molar-refractivity contribution in [2.24, 2.45) is 0 Å². The summed E-state index contributed by atoms with van der Waals surface area (Å²) in [7, 11) is 0. The monoisotopic (exact) mass is 451 g/mol. The summed E-state index contributed by atoms with van der Waals surface area (Å²) >= 11 is 5.92. The number of carboxylic acid groups (broad SMARTS) is 1. The fourth-order valence-corrected chi connectivity index (χ4v) is 4.24. The van der Waals surface area contributed by atoms with E-state index in [-0.39, 0.29) is 18.8 Å². The molecule has 0 spiro atoms. The summed E-state index contributed by atoms with van der Waals surface area (Å²) in [5.74, 6) is 0.330. The lowest BCUT2D eigenvalue weighted by molar-refractivity contribution is -0.265. The maximum Gasteiger partial charge on any atom is 0.416 e. The number of carbonyl (C=O) groups excluding carboxylic acids is 1. The van der Waals surface area contributed by atoms with Crippen molar-refractivity contribution in [2.45, 2.75) is 31.6 Å². The van der Waals surface area contributed by atoms with Crippen molar-refractivity contribution in [1.29, 1.82) is 0 Å². The first-order chi connectivity index (χ1) is 14.7. The summed E-state index contributed by atoms with van der Waals surface area (Å²) in [6, 6.07) is 10.5. The van der Waals surface area contributed by atoms with Gasteiger partial charge in [0.1, 0.15) is 5.69 Å². The number of benzene rings is 2. The van der Waals surface area contributed by atoms with E-state index < -0.39 is 28.4 Å². The summed E-state index contributed by atoms with van der Waals surface area (Å²) < 4.78 is 39.7. The molecule has 2 heterocycles. The Bertz CT molecular complexity index is 1090. The van der Waals surface area contributed by atoms with Gasteiger partial charge < -0.3 is 9.90 Å². The maximum atomic E-state index is 13.0. The molecule has 1 aliphatic heterocycles. The molecule has 2 aromatic carbocycles. The molecular formula is C20H17ClF3N5O2. The highest BCUT2D eigenvalue weighted by Gasteiger charge is 2.49. The molecular weight excluding hydrogens is 435 g/mol. The number of tetrazole rings is 1. The molecule has 0 aliphatic carbocycles. The van der Waals surface area contributed by atoms with Crippen molar-refractivity contribution >= 4 is 23.4 Å². The normalized spacial score (nSPS) is 21.4. The van der Waals surface area contributed by atoms with Gasteiger partial charge >= 0.3 is 6.18 Å². The molecule has 1 saturated heterocycles. The Morgan fingerprint density at radius 2 is 1.84 bits per heavy atom. The van der Waals surface area contributed by atoms with Crippen LogP contribution in [-0.2, 0) is 12.7 Å². The highest BCUT2D eigenvalue weighted by Crippen LogP contribution is 2.43. The summed E-state index contributed by atoms with van der Waals surface area (Å²) in [5.41, 5.74) is 0.199. The molecule has 0 N–H and O–H groups in total. The molecule has 1 aromatic heterocycles. The highest BCUT2D eigenvalue weighted by atomic mass is 35.5. The van der Waals surface area contributed by atoms with Crippen LogP contribution in [0.1, 0.15) is 35.8 Å². The van der Waals surface area contributed by atoms with Crippen LogP contribution in [0.5, 0.6) is 0 Å². The van der Waals surface area contributed by atoms with Crippen LogP contribution in [0.25, 0.3) is 0 Å². The lowest BCUT2D eigenvalue weighted by Crippen LogP contribution is -2.59. The third kappa shape index (κ3) is 3.88. The van der Waals surface area contributed by atoms with Crippen LogP contribution in [0.3, 0.4) is 0 Å². The molecule has 4 rings (SSSR count). The largest absolute Gasteiger partial charge is 0.498 e. The van der Waals surface area contributed by atoms with Gasteiger partial charge in [0.25, 0.3) is 6.09 Å². The number of hydrogen-bond donors (Lipinski definition) is 0. The van der Waals surface area contributed by atoms with E-state index in [2.05, 4.69) is 15.5 Å². The molecule has 1 amide bonds. The lowest BCUT2D eigenvalue weighted by atomic mass is 10.1. The minimum Gasteiger partial charge on any atom is -0.498 e. The molecule has 1 unspecified atom stereocenters. The summed E-state index contributed by atoms with van der Waals surface area (Å²) in [5, 5.41) is 24.7. The number of amides is 1. The maximum absolute atomic E-state index is 13.0. The van der Waals surface area contributed by atoms with Crippen molar-refractivity contribution in [3.05, 3.63) is 70.5 Å². The predicted molar refractivity (Wildman–Crippen MR) is 104 cm³/mol. The van der Waals surface area contributed by atoms with E-state index >= 15 is 0 Å². The number of hydrogen-bond acceptors (Lipinski definition) is 5. The van der Waals surface area contributed by atoms with Crippen LogP contribution in [0.4, 0.5) is 23.7 Å². The molecule has 7 nitrogen and oxygen atoms in total. The topological polar surface area (TPSA) is 83.7 Å². The van der Waals surface area contributed by atoms with Gasteiger partial charge in [0, 0.05) is 30.0 Å². The summed E-state index contributed by atoms with van der Waals surface area (Å²) in [6.07, 6.45) is -4.97. The third-order valence-corrected chi connectivity index (χ3v) is 5.86. The van der Waals surface area contributed by atoms with Gasteiger partial charge in [-0.3, -0.25) is 0 Å². The Morgan fingerprint density at radius 3 is 2.45 bits per heavy atom. The number of quaternary nitrogens is 1. The molecule has 2 atom stereocenters. The summed E-state index contributed by atoms with van der Waals surface area (Å²) in [4.78, 5) is 12.4. The molecule has 11 heteroatoms. The first-order valence-electron chi connectivity index (χ1n) is 9.49. The van der Waals surface area contributed by atoms with Crippen molar-refractivity contribution in [3.8, 4) is 0 Å². The Balaban J connectivity index is 1.72.